The molecule has 0 fully saturated rings. The van der Waals surface area contributed by atoms with E-state index >= 15 is 0 Å². The first-order chi connectivity index (χ1) is 10.7. The molecule has 4 nitrogen and oxygen atoms in total. The van der Waals surface area contributed by atoms with Crippen LogP contribution in [0.25, 0.3) is 0 Å². The molecule has 5 heteroatoms. The van der Waals surface area contributed by atoms with E-state index in [1.165, 1.54) is 28.6 Å². The lowest BCUT2D eigenvalue weighted by molar-refractivity contribution is 0.474. The average Bonchev–Trinajstić information content (AvgIpc) is 2.45. The van der Waals surface area contributed by atoms with Crippen molar-refractivity contribution in [1.82, 2.24) is 0 Å². The Morgan fingerprint density at radius 1 is 1.04 bits per heavy atom. The molecular weight excluding hydrogens is 310 g/mol. The lowest BCUT2D eigenvalue weighted by atomic mass is 10.1. The number of aryl methyl sites for hydroxylation is 2. The third-order valence-corrected chi connectivity index (χ3v) is 5.37. The predicted octanol–water partition coefficient (Wildman–Crippen LogP) is 3.86. The zero-order chi connectivity index (χ0) is 17.2. The Morgan fingerprint density at radius 2 is 1.65 bits per heavy atom. The van der Waals surface area contributed by atoms with Gasteiger partial charge in [-0.2, -0.15) is 0 Å². The summed E-state index contributed by atoms with van der Waals surface area (Å²) in [5.74, 6) is 0.230. The van der Waals surface area contributed by atoms with Crippen molar-refractivity contribution in [3.05, 3.63) is 53.6 Å². The van der Waals surface area contributed by atoms with Crippen LogP contribution in [0.3, 0.4) is 0 Å². The molecule has 0 amide bonds. The number of hydrogen-bond donors (Lipinski definition) is 1. The molecule has 0 heterocycles. The molecule has 2 aromatic carbocycles. The summed E-state index contributed by atoms with van der Waals surface area (Å²) >= 11 is 0. The average molecular weight is 333 g/mol. The van der Waals surface area contributed by atoms with E-state index < -0.39 is 10.0 Å². The Kier molecular flexibility index (Phi) is 5.00. The Balaban J connectivity index is 2.55. The van der Waals surface area contributed by atoms with Crippen LogP contribution in [0, 0.1) is 19.8 Å². The SMILES string of the molecule is Cc1ccc(N(CC(C)C)S(=O)(=O)c2ccc(O)cc2)c(C)c1. The second-order valence-corrected chi connectivity index (χ2v) is 8.08. The molecule has 0 unspecified atom stereocenters. The highest BCUT2D eigenvalue weighted by molar-refractivity contribution is 7.92. The van der Waals surface area contributed by atoms with Crippen LogP contribution >= 0.6 is 0 Å². The Bertz CT molecular complexity index is 780. The number of phenols is 1. The van der Waals surface area contributed by atoms with Gasteiger partial charge in [-0.1, -0.05) is 31.5 Å². The molecule has 0 aliphatic heterocycles. The standard InChI is InChI=1S/C18H23NO3S/c1-13(2)12-19(18-10-5-14(3)11-15(18)4)23(21,22)17-8-6-16(20)7-9-17/h5-11,13,20H,12H2,1-4H3. The third kappa shape index (κ3) is 3.85. The summed E-state index contributed by atoms with van der Waals surface area (Å²) in [6.45, 7) is 8.28. The topological polar surface area (TPSA) is 57.6 Å². The fourth-order valence-corrected chi connectivity index (χ4v) is 4.18. The highest BCUT2D eigenvalue weighted by atomic mass is 32.2. The van der Waals surface area contributed by atoms with Crippen molar-refractivity contribution in [2.75, 3.05) is 10.8 Å². The summed E-state index contributed by atoms with van der Waals surface area (Å²) in [6.07, 6.45) is 0. The molecule has 23 heavy (non-hydrogen) atoms. The van der Waals surface area contributed by atoms with Crippen molar-refractivity contribution in [2.24, 2.45) is 5.92 Å². The summed E-state index contributed by atoms with van der Waals surface area (Å²) < 4.78 is 27.6. The van der Waals surface area contributed by atoms with Crippen LogP contribution in [0.1, 0.15) is 25.0 Å². The first-order valence-corrected chi connectivity index (χ1v) is 9.05. The Labute approximate surface area is 138 Å². The van der Waals surface area contributed by atoms with Gasteiger partial charge in [-0.05, 0) is 55.7 Å². The largest absolute Gasteiger partial charge is 0.508 e. The quantitative estimate of drug-likeness (QED) is 0.904. The lowest BCUT2D eigenvalue weighted by Crippen LogP contribution is -2.34. The molecule has 0 radical (unpaired) electrons. The first kappa shape index (κ1) is 17.3. The van der Waals surface area contributed by atoms with Crippen molar-refractivity contribution in [1.29, 1.82) is 0 Å². The molecule has 2 aromatic rings. The second kappa shape index (κ2) is 6.62. The first-order valence-electron chi connectivity index (χ1n) is 7.61. The van der Waals surface area contributed by atoms with E-state index in [0.717, 1.165) is 11.1 Å². The molecule has 0 aliphatic carbocycles. The van der Waals surface area contributed by atoms with Gasteiger partial charge in [0, 0.05) is 6.54 Å². The number of phenolic OH excluding ortho intramolecular Hbond substituents is 1. The van der Waals surface area contributed by atoms with E-state index in [1.807, 2.05) is 45.9 Å². The Morgan fingerprint density at radius 3 is 2.17 bits per heavy atom. The van der Waals surface area contributed by atoms with Crippen LogP contribution in [0.2, 0.25) is 0 Å². The number of hydrogen-bond acceptors (Lipinski definition) is 3. The molecule has 0 atom stereocenters. The molecule has 2 rings (SSSR count). The highest BCUT2D eigenvalue weighted by Crippen LogP contribution is 2.29. The van der Waals surface area contributed by atoms with Gasteiger partial charge in [-0.15, -0.1) is 0 Å². The molecule has 0 aromatic heterocycles. The summed E-state index contributed by atoms with van der Waals surface area (Å²) in [5.41, 5.74) is 2.71. The second-order valence-electron chi connectivity index (χ2n) is 6.21. The summed E-state index contributed by atoms with van der Waals surface area (Å²) in [7, 11) is -3.68. The van der Waals surface area contributed by atoms with Gasteiger partial charge in [0.2, 0.25) is 0 Å². The van der Waals surface area contributed by atoms with Crippen LogP contribution in [0.4, 0.5) is 5.69 Å². The summed E-state index contributed by atoms with van der Waals surface area (Å²) in [4.78, 5) is 0.177. The normalized spacial score (nSPS) is 11.7. The van der Waals surface area contributed by atoms with Crippen molar-refractivity contribution in [3.63, 3.8) is 0 Å². The van der Waals surface area contributed by atoms with Gasteiger partial charge in [-0.3, -0.25) is 4.31 Å². The number of benzene rings is 2. The fraction of sp³-hybridized carbons (Fsp3) is 0.333. The minimum Gasteiger partial charge on any atom is -0.508 e. The lowest BCUT2D eigenvalue weighted by Gasteiger charge is -2.28. The number of sulfonamides is 1. The smallest absolute Gasteiger partial charge is 0.264 e. The molecule has 1 N–H and O–H groups in total. The maximum Gasteiger partial charge on any atom is 0.264 e. The molecule has 0 spiro atoms. The zero-order valence-corrected chi connectivity index (χ0v) is 14.8. The molecule has 124 valence electrons. The number of anilines is 1. The van der Waals surface area contributed by atoms with Gasteiger partial charge in [0.05, 0.1) is 10.6 Å². The number of aromatic hydroxyl groups is 1. The van der Waals surface area contributed by atoms with Crippen LogP contribution in [-0.2, 0) is 10.0 Å². The minimum atomic E-state index is -3.68. The van der Waals surface area contributed by atoms with E-state index in [-0.39, 0.29) is 16.6 Å². The zero-order valence-electron chi connectivity index (χ0n) is 13.9. The predicted molar refractivity (Wildman–Crippen MR) is 93.4 cm³/mol. The van der Waals surface area contributed by atoms with Gasteiger partial charge in [-0.25, -0.2) is 8.42 Å². The van der Waals surface area contributed by atoms with E-state index in [9.17, 15) is 13.5 Å². The maximum atomic E-state index is 13.1. The van der Waals surface area contributed by atoms with Gasteiger partial charge in [0.1, 0.15) is 5.75 Å². The van der Waals surface area contributed by atoms with Crippen LogP contribution in [0.5, 0.6) is 5.75 Å². The van der Waals surface area contributed by atoms with Crippen LogP contribution in [0.15, 0.2) is 47.4 Å². The monoisotopic (exact) mass is 333 g/mol. The Hall–Kier alpha value is -2.01. The van der Waals surface area contributed by atoms with Crippen molar-refractivity contribution in [3.8, 4) is 5.75 Å². The van der Waals surface area contributed by atoms with Crippen LogP contribution < -0.4 is 4.31 Å². The summed E-state index contributed by atoms with van der Waals surface area (Å²) in [6, 6.07) is 11.4. The van der Waals surface area contributed by atoms with Gasteiger partial charge in [0.25, 0.3) is 10.0 Å². The van der Waals surface area contributed by atoms with Gasteiger partial charge < -0.3 is 5.11 Å². The maximum absolute atomic E-state index is 13.1. The van der Waals surface area contributed by atoms with E-state index in [4.69, 9.17) is 0 Å². The highest BCUT2D eigenvalue weighted by Gasteiger charge is 2.26. The van der Waals surface area contributed by atoms with E-state index in [2.05, 4.69) is 0 Å². The van der Waals surface area contributed by atoms with Crippen LogP contribution in [-0.4, -0.2) is 20.1 Å². The third-order valence-electron chi connectivity index (χ3n) is 3.58. The molecule has 0 aliphatic rings. The van der Waals surface area contributed by atoms with Gasteiger partial charge in [0.15, 0.2) is 0 Å². The molecule has 0 saturated heterocycles. The minimum absolute atomic E-state index is 0.0471. The van der Waals surface area contributed by atoms with Crippen molar-refractivity contribution in [2.45, 2.75) is 32.6 Å². The molecule has 0 bridgehead atoms. The van der Waals surface area contributed by atoms with Gasteiger partial charge >= 0.3 is 0 Å². The van der Waals surface area contributed by atoms with E-state index in [0.29, 0.717) is 12.2 Å². The van der Waals surface area contributed by atoms with Crippen molar-refractivity contribution < 1.29 is 13.5 Å². The molecular formula is C18H23NO3S. The van der Waals surface area contributed by atoms with E-state index in [1.54, 1.807) is 0 Å². The van der Waals surface area contributed by atoms with Crippen molar-refractivity contribution >= 4 is 15.7 Å². The number of rotatable bonds is 5. The molecule has 0 saturated carbocycles. The number of nitrogens with zero attached hydrogens (tertiary/aromatic N) is 1. The fourth-order valence-electron chi connectivity index (χ4n) is 2.49. The summed E-state index contributed by atoms with van der Waals surface area (Å²) in [5, 5.41) is 9.39.